The van der Waals surface area contributed by atoms with Crippen LogP contribution in [0.4, 0.5) is 0 Å². The number of pyridine rings is 1. The summed E-state index contributed by atoms with van der Waals surface area (Å²) < 4.78 is 15.0. The number of carbonyl (C=O) groups excluding carboxylic acids is 1. The van der Waals surface area contributed by atoms with Crippen LogP contribution in [0.2, 0.25) is 4.34 Å². The van der Waals surface area contributed by atoms with Gasteiger partial charge in [-0.05, 0) is 42.5 Å². The molecule has 4 heterocycles. The van der Waals surface area contributed by atoms with E-state index >= 15 is 0 Å². The third-order valence-corrected chi connectivity index (χ3v) is 7.05. The Bertz CT molecular complexity index is 1410. The number of rotatable bonds is 9. The fraction of sp³-hybridized carbons (Fsp3) is 0.280. The number of morpholine rings is 1. The van der Waals surface area contributed by atoms with E-state index in [9.17, 15) is 9.59 Å². The molecule has 1 amide bonds. The van der Waals surface area contributed by atoms with Crippen LogP contribution in [0.5, 0.6) is 5.75 Å². The van der Waals surface area contributed by atoms with Gasteiger partial charge in [0.25, 0.3) is 11.5 Å². The highest BCUT2D eigenvalue weighted by Crippen LogP contribution is 2.21. The van der Waals surface area contributed by atoms with Crippen LogP contribution in [0.25, 0.3) is 11.4 Å². The van der Waals surface area contributed by atoms with Crippen molar-refractivity contribution < 1.29 is 14.3 Å². The number of nitrogens with zero attached hydrogens (tertiary/aromatic N) is 5. The van der Waals surface area contributed by atoms with E-state index in [1.807, 2.05) is 24.3 Å². The zero-order valence-corrected chi connectivity index (χ0v) is 21.5. The average Bonchev–Trinajstić information content (AvgIpc) is 3.58. The average molecular weight is 541 g/mol. The van der Waals surface area contributed by atoms with Crippen LogP contribution in [-0.2, 0) is 11.3 Å². The van der Waals surface area contributed by atoms with Crippen LogP contribution in [0.15, 0.2) is 65.7 Å². The molecule has 0 bridgehead atoms. The minimum Gasteiger partial charge on any atom is -0.491 e. The summed E-state index contributed by atoms with van der Waals surface area (Å²) in [6.45, 7) is 4.89. The standard InChI is InChI=1S/C25H25ClN6O4S/c26-23-7-6-22(37-23)25(34)27-15-18-16-32(29-28-18)20-3-1-19(2-4-20)31-17-21(5-8-24(31)33)36-14-11-30-9-12-35-13-10-30/h1-8,16-17H,9-15H2,(H,27,34). The van der Waals surface area contributed by atoms with Gasteiger partial charge in [0.1, 0.15) is 18.1 Å². The molecule has 0 radical (unpaired) electrons. The number of halogens is 1. The van der Waals surface area contributed by atoms with Crippen molar-refractivity contribution in [3.8, 4) is 17.1 Å². The van der Waals surface area contributed by atoms with E-state index in [0.717, 1.165) is 38.5 Å². The first kappa shape index (κ1) is 25.2. The number of benzene rings is 1. The molecule has 5 rings (SSSR count). The van der Waals surface area contributed by atoms with Crippen LogP contribution in [0.3, 0.4) is 0 Å². The van der Waals surface area contributed by atoms with Gasteiger partial charge in [0.2, 0.25) is 0 Å². The molecule has 4 aromatic rings. The van der Waals surface area contributed by atoms with E-state index in [-0.39, 0.29) is 18.0 Å². The predicted molar refractivity (Wildman–Crippen MR) is 140 cm³/mol. The second kappa shape index (κ2) is 11.7. The molecule has 1 aromatic carbocycles. The quantitative estimate of drug-likeness (QED) is 0.348. The molecule has 0 aliphatic carbocycles. The summed E-state index contributed by atoms with van der Waals surface area (Å²) in [5.74, 6) is 0.415. The minimum atomic E-state index is -0.214. The summed E-state index contributed by atoms with van der Waals surface area (Å²) in [5, 5.41) is 11.1. The minimum absolute atomic E-state index is 0.154. The van der Waals surface area contributed by atoms with Crippen molar-refractivity contribution in [2.24, 2.45) is 0 Å². The van der Waals surface area contributed by atoms with E-state index in [1.165, 1.54) is 17.4 Å². The summed E-state index contributed by atoms with van der Waals surface area (Å²) in [6.07, 6.45) is 3.44. The molecule has 0 unspecified atom stereocenters. The zero-order valence-electron chi connectivity index (χ0n) is 19.9. The lowest BCUT2D eigenvalue weighted by molar-refractivity contribution is 0.0322. The third kappa shape index (κ3) is 6.44. The van der Waals surface area contributed by atoms with E-state index < -0.39 is 0 Å². The van der Waals surface area contributed by atoms with Gasteiger partial charge in [-0.25, -0.2) is 4.68 Å². The first-order chi connectivity index (χ1) is 18.0. The number of aromatic nitrogens is 4. The Kier molecular flexibility index (Phi) is 7.95. The van der Waals surface area contributed by atoms with Crippen LogP contribution in [0.1, 0.15) is 15.4 Å². The molecular formula is C25H25ClN6O4S. The van der Waals surface area contributed by atoms with Gasteiger partial charge in [0.15, 0.2) is 0 Å². The second-order valence-corrected chi connectivity index (χ2v) is 10.0. The van der Waals surface area contributed by atoms with Gasteiger partial charge in [0.05, 0.1) is 47.1 Å². The SMILES string of the molecule is O=C(NCc1cn(-c2ccc(-n3cc(OCCN4CCOCC4)ccc3=O)cc2)nn1)c1ccc(Cl)s1. The van der Waals surface area contributed by atoms with Crippen LogP contribution in [-0.4, -0.2) is 69.8 Å². The number of hydrogen-bond donors (Lipinski definition) is 1. The van der Waals surface area contributed by atoms with Crippen molar-refractivity contribution in [2.45, 2.75) is 6.54 Å². The Balaban J connectivity index is 1.20. The Morgan fingerprint density at radius 1 is 1.05 bits per heavy atom. The lowest BCUT2D eigenvalue weighted by Gasteiger charge is -2.26. The highest BCUT2D eigenvalue weighted by Gasteiger charge is 2.12. The maximum atomic E-state index is 12.5. The molecule has 1 fully saturated rings. The highest BCUT2D eigenvalue weighted by molar-refractivity contribution is 7.17. The molecule has 10 nitrogen and oxygen atoms in total. The largest absolute Gasteiger partial charge is 0.491 e. The molecule has 1 aliphatic heterocycles. The van der Waals surface area contributed by atoms with Gasteiger partial charge in [-0.2, -0.15) is 0 Å². The number of ether oxygens (including phenoxy) is 2. The molecule has 37 heavy (non-hydrogen) atoms. The molecule has 0 saturated carbocycles. The van der Waals surface area contributed by atoms with Crippen LogP contribution < -0.4 is 15.6 Å². The fourth-order valence-corrected chi connectivity index (χ4v) is 4.80. The maximum Gasteiger partial charge on any atom is 0.261 e. The van der Waals surface area contributed by atoms with Gasteiger partial charge >= 0.3 is 0 Å². The number of nitrogens with one attached hydrogen (secondary N) is 1. The molecule has 0 spiro atoms. The van der Waals surface area contributed by atoms with Crippen molar-refractivity contribution in [1.82, 2.24) is 29.8 Å². The maximum absolute atomic E-state index is 12.5. The fourth-order valence-electron chi connectivity index (χ4n) is 3.84. The van der Waals surface area contributed by atoms with Crippen molar-refractivity contribution in [3.05, 3.63) is 86.2 Å². The lowest BCUT2D eigenvalue weighted by atomic mass is 10.2. The third-order valence-electron chi connectivity index (χ3n) is 5.82. The number of hydrogen-bond acceptors (Lipinski definition) is 8. The van der Waals surface area contributed by atoms with Gasteiger partial charge in [0, 0.05) is 31.4 Å². The number of thiophene rings is 1. The molecule has 0 atom stereocenters. The molecular weight excluding hydrogens is 516 g/mol. The van der Waals surface area contributed by atoms with Crippen LogP contribution >= 0.6 is 22.9 Å². The lowest BCUT2D eigenvalue weighted by Crippen LogP contribution is -2.38. The molecule has 1 saturated heterocycles. The Labute approximate surface area is 222 Å². The smallest absolute Gasteiger partial charge is 0.261 e. The molecule has 192 valence electrons. The van der Waals surface area contributed by atoms with Gasteiger partial charge in [-0.3, -0.25) is 19.1 Å². The van der Waals surface area contributed by atoms with Crippen molar-refractivity contribution in [1.29, 1.82) is 0 Å². The number of amides is 1. The molecule has 1 N–H and O–H groups in total. The van der Waals surface area contributed by atoms with E-state index in [0.29, 0.717) is 33.0 Å². The van der Waals surface area contributed by atoms with Gasteiger partial charge in [-0.1, -0.05) is 16.8 Å². The summed E-state index contributed by atoms with van der Waals surface area (Å²) in [6, 6.07) is 13.9. The summed E-state index contributed by atoms with van der Waals surface area (Å²) >= 11 is 7.11. The first-order valence-corrected chi connectivity index (χ1v) is 13.0. The Morgan fingerprint density at radius 3 is 2.59 bits per heavy atom. The summed E-state index contributed by atoms with van der Waals surface area (Å²) in [4.78, 5) is 27.5. The van der Waals surface area contributed by atoms with Crippen LogP contribution in [0, 0.1) is 0 Å². The van der Waals surface area contributed by atoms with Crippen molar-refractivity contribution >= 4 is 28.8 Å². The second-order valence-electron chi connectivity index (χ2n) is 8.33. The molecule has 3 aromatic heterocycles. The topological polar surface area (TPSA) is 104 Å². The van der Waals surface area contributed by atoms with E-state index in [1.54, 1.807) is 39.8 Å². The van der Waals surface area contributed by atoms with E-state index in [2.05, 4.69) is 20.5 Å². The molecule has 12 heteroatoms. The Morgan fingerprint density at radius 2 is 1.84 bits per heavy atom. The molecule has 1 aliphatic rings. The van der Waals surface area contributed by atoms with Gasteiger partial charge < -0.3 is 14.8 Å². The summed E-state index contributed by atoms with van der Waals surface area (Å²) in [7, 11) is 0. The van der Waals surface area contributed by atoms with Crippen molar-refractivity contribution in [2.75, 3.05) is 39.5 Å². The van der Waals surface area contributed by atoms with E-state index in [4.69, 9.17) is 21.1 Å². The zero-order chi connectivity index (χ0) is 25.6. The normalized spacial score (nSPS) is 14.0. The summed E-state index contributed by atoms with van der Waals surface area (Å²) in [5.41, 5.74) is 1.93. The first-order valence-electron chi connectivity index (χ1n) is 11.8. The van der Waals surface area contributed by atoms with Gasteiger partial charge in [-0.15, -0.1) is 16.4 Å². The van der Waals surface area contributed by atoms with Crippen molar-refractivity contribution in [3.63, 3.8) is 0 Å². The predicted octanol–water partition coefficient (Wildman–Crippen LogP) is 2.77. The Hall–Kier alpha value is -3.51. The number of carbonyl (C=O) groups is 1. The highest BCUT2D eigenvalue weighted by atomic mass is 35.5. The monoisotopic (exact) mass is 540 g/mol.